The van der Waals surface area contributed by atoms with E-state index in [1.54, 1.807) is 7.05 Å². The largest absolute Gasteiger partial charge is 0.401 e. The Labute approximate surface area is 194 Å². The smallest absolute Gasteiger partial charge is 0.373 e. The van der Waals surface area contributed by atoms with E-state index in [2.05, 4.69) is 46.8 Å². The maximum absolute atomic E-state index is 12.4. The van der Waals surface area contributed by atoms with Crippen molar-refractivity contribution >= 4 is 29.9 Å². The zero-order valence-electron chi connectivity index (χ0n) is 18.0. The van der Waals surface area contributed by atoms with Crippen LogP contribution in [0.25, 0.3) is 0 Å². The predicted molar refractivity (Wildman–Crippen MR) is 126 cm³/mol. The summed E-state index contributed by atoms with van der Waals surface area (Å²) in [5, 5.41) is 6.52. The van der Waals surface area contributed by atoms with Gasteiger partial charge in [-0.1, -0.05) is 29.8 Å². The second kappa shape index (κ2) is 13.4. The normalized spacial score (nSPS) is 20.0. The third kappa shape index (κ3) is 9.82. The first-order chi connectivity index (χ1) is 13.8. The van der Waals surface area contributed by atoms with Crippen molar-refractivity contribution in [2.75, 3.05) is 46.9 Å². The molecule has 2 unspecified atom stereocenters. The number of rotatable bonds is 8. The molecule has 1 aromatic carbocycles. The van der Waals surface area contributed by atoms with Crippen LogP contribution < -0.4 is 10.6 Å². The topological polar surface area (TPSA) is 48.9 Å². The molecule has 1 aliphatic rings. The molecule has 2 rings (SSSR count). The highest BCUT2D eigenvalue weighted by Crippen LogP contribution is 2.33. The zero-order valence-corrected chi connectivity index (χ0v) is 20.3. The molecule has 1 aromatic rings. The van der Waals surface area contributed by atoms with Gasteiger partial charge in [0.1, 0.15) is 0 Å². The fourth-order valence-electron chi connectivity index (χ4n) is 3.57. The van der Waals surface area contributed by atoms with Crippen LogP contribution in [0.1, 0.15) is 36.5 Å². The fraction of sp³-hybridized carbons (Fsp3) is 0.667. The molecule has 2 N–H and O–H groups in total. The van der Waals surface area contributed by atoms with Gasteiger partial charge < -0.3 is 15.4 Å². The standard InChI is InChI=1S/C21H33F3N4O.HI/c1-16-7-9-17(10-8-16)19-18(6-4-13-29-19)14-27-20(25-2)26-11-5-12-28(3)15-21(22,23)24;/h7-10,18-19H,4-6,11-15H2,1-3H3,(H2,25,26,27);1H. The number of nitrogens with one attached hydrogen (secondary N) is 2. The van der Waals surface area contributed by atoms with Crippen LogP contribution in [0.5, 0.6) is 0 Å². The highest BCUT2D eigenvalue weighted by atomic mass is 127. The molecule has 0 saturated carbocycles. The molecule has 0 bridgehead atoms. The average molecular weight is 542 g/mol. The summed E-state index contributed by atoms with van der Waals surface area (Å²) in [6.45, 7) is 3.61. The van der Waals surface area contributed by atoms with Crippen LogP contribution in [0.3, 0.4) is 0 Å². The van der Waals surface area contributed by atoms with E-state index in [4.69, 9.17) is 4.74 Å². The van der Waals surface area contributed by atoms with Crippen LogP contribution in [0.2, 0.25) is 0 Å². The number of hydrogen-bond donors (Lipinski definition) is 2. The average Bonchev–Trinajstić information content (AvgIpc) is 2.67. The zero-order chi connectivity index (χ0) is 21.3. The van der Waals surface area contributed by atoms with E-state index in [1.165, 1.54) is 23.1 Å². The van der Waals surface area contributed by atoms with E-state index in [0.29, 0.717) is 31.4 Å². The Morgan fingerprint density at radius 3 is 2.57 bits per heavy atom. The molecule has 0 amide bonds. The summed E-state index contributed by atoms with van der Waals surface area (Å²) in [7, 11) is 3.18. The van der Waals surface area contributed by atoms with Gasteiger partial charge in [-0.15, -0.1) is 24.0 Å². The van der Waals surface area contributed by atoms with Crippen molar-refractivity contribution in [3.63, 3.8) is 0 Å². The first-order valence-electron chi connectivity index (χ1n) is 10.2. The summed E-state index contributed by atoms with van der Waals surface area (Å²) in [6.07, 6.45) is -1.38. The lowest BCUT2D eigenvalue weighted by atomic mass is 9.89. The van der Waals surface area contributed by atoms with E-state index in [-0.39, 0.29) is 30.1 Å². The molecule has 172 valence electrons. The van der Waals surface area contributed by atoms with Crippen LogP contribution >= 0.6 is 24.0 Å². The van der Waals surface area contributed by atoms with Gasteiger partial charge in [0.25, 0.3) is 0 Å². The highest BCUT2D eigenvalue weighted by molar-refractivity contribution is 14.0. The molecule has 5 nitrogen and oxygen atoms in total. The number of aliphatic imine (C=N–C) groups is 1. The van der Waals surface area contributed by atoms with Gasteiger partial charge in [0.15, 0.2) is 5.96 Å². The molecular formula is C21H34F3IN4O. The number of guanidine groups is 1. The van der Waals surface area contributed by atoms with Crippen molar-refractivity contribution in [2.24, 2.45) is 10.9 Å². The lowest BCUT2D eigenvalue weighted by molar-refractivity contribution is -0.143. The van der Waals surface area contributed by atoms with Crippen molar-refractivity contribution < 1.29 is 17.9 Å². The summed E-state index contributed by atoms with van der Waals surface area (Å²) < 4.78 is 43.1. The minimum absolute atomic E-state index is 0. The van der Waals surface area contributed by atoms with Gasteiger partial charge in [0.05, 0.1) is 12.6 Å². The first kappa shape index (κ1) is 27.0. The van der Waals surface area contributed by atoms with Gasteiger partial charge in [-0.2, -0.15) is 13.2 Å². The number of alkyl halides is 3. The Morgan fingerprint density at radius 1 is 1.23 bits per heavy atom. The maximum Gasteiger partial charge on any atom is 0.401 e. The number of halogens is 4. The van der Waals surface area contributed by atoms with Crippen LogP contribution in [-0.2, 0) is 4.74 Å². The lowest BCUT2D eigenvalue weighted by Gasteiger charge is -2.32. The maximum atomic E-state index is 12.4. The van der Waals surface area contributed by atoms with E-state index in [1.807, 2.05) is 0 Å². The monoisotopic (exact) mass is 542 g/mol. The number of benzene rings is 1. The van der Waals surface area contributed by atoms with Crippen molar-refractivity contribution in [2.45, 2.75) is 38.5 Å². The van der Waals surface area contributed by atoms with Crippen LogP contribution in [0.15, 0.2) is 29.3 Å². The molecule has 30 heavy (non-hydrogen) atoms. The Kier molecular flexibility index (Phi) is 12.0. The Bertz CT molecular complexity index is 640. The second-order valence-corrected chi connectivity index (χ2v) is 7.69. The third-order valence-electron chi connectivity index (χ3n) is 5.06. The molecular weight excluding hydrogens is 508 g/mol. The van der Waals surface area contributed by atoms with Gasteiger partial charge >= 0.3 is 6.18 Å². The van der Waals surface area contributed by atoms with Gasteiger partial charge in [-0.25, -0.2) is 0 Å². The van der Waals surface area contributed by atoms with Crippen molar-refractivity contribution in [3.8, 4) is 0 Å². The lowest BCUT2D eigenvalue weighted by Crippen LogP contribution is -2.42. The van der Waals surface area contributed by atoms with E-state index in [0.717, 1.165) is 26.0 Å². The summed E-state index contributed by atoms with van der Waals surface area (Å²) in [5.74, 6) is 1.000. The van der Waals surface area contributed by atoms with E-state index >= 15 is 0 Å². The number of nitrogens with zero attached hydrogens (tertiary/aromatic N) is 2. The Balaban J connectivity index is 0.00000450. The van der Waals surface area contributed by atoms with E-state index < -0.39 is 12.7 Å². The minimum Gasteiger partial charge on any atom is -0.373 e. The molecule has 1 fully saturated rings. The number of hydrogen-bond acceptors (Lipinski definition) is 3. The highest BCUT2D eigenvalue weighted by Gasteiger charge is 2.29. The minimum atomic E-state index is -4.16. The van der Waals surface area contributed by atoms with Crippen molar-refractivity contribution in [1.82, 2.24) is 15.5 Å². The predicted octanol–water partition coefficient (Wildman–Crippen LogP) is 4.13. The molecule has 9 heteroatoms. The molecule has 1 heterocycles. The second-order valence-electron chi connectivity index (χ2n) is 7.69. The molecule has 1 aliphatic heterocycles. The summed E-state index contributed by atoms with van der Waals surface area (Å²) >= 11 is 0. The molecule has 2 atom stereocenters. The van der Waals surface area contributed by atoms with Gasteiger partial charge in [-0.05, 0) is 45.3 Å². The SMILES string of the molecule is CN=C(NCCCN(C)CC(F)(F)F)NCC1CCCOC1c1ccc(C)cc1.I. The van der Waals surface area contributed by atoms with Gasteiger partial charge in [0.2, 0.25) is 0 Å². The summed E-state index contributed by atoms with van der Waals surface area (Å²) in [6, 6.07) is 8.47. The van der Waals surface area contributed by atoms with Crippen molar-refractivity contribution in [3.05, 3.63) is 35.4 Å². The molecule has 1 saturated heterocycles. The first-order valence-corrected chi connectivity index (χ1v) is 10.2. The van der Waals surface area contributed by atoms with E-state index in [9.17, 15) is 13.2 Å². The van der Waals surface area contributed by atoms with Crippen LogP contribution in [0.4, 0.5) is 13.2 Å². The van der Waals surface area contributed by atoms with Crippen LogP contribution in [-0.4, -0.2) is 63.9 Å². The summed E-state index contributed by atoms with van der Waals surface area (Å²) in [5.41, 5.74) is 2.42. The quantitative estimate of drug-likeness (QED) is 0.225. The Morgan fingerprint density at radius 2 is 1.93 bits per heavy atom. The number of ether oxygens (including phenoxy) is 1. The van der Waals surface area contributed by atoms with Crippen LogP contribution in [0, 0.1) is 12.8 Å². The van der Waals surface area contributed by atoms with Gasteiger partial charge in [0, 0.05) is 32.7 Å². The van der Waals surface area contributed by atoms with Gasteiger partial charge in [-0.3, -0.25) is 9.89 Å². The molecule has 0 aromatic heterocycles. The number of aryl methyl sites for hydroxylation is 1. The summed E-state index contributed by atoms with van der Waals surface area (Å²) in [4.78, 5) is 5.50. The van der Waals surface area contributed by atoms with Crippen molar-refractivity contribution in [1.29, 1.82) is 0 Å². The fourth-order valence-corrected chi connectivity index (χ4v) is 3.57. The molecule has 0 spiro atoms. The third-order valence-corrected chi connectivity index (χ3v) is 5.06. The molecule has 0 radical (unpaired) electrons. The Hall–Kier alpha value is -1.07. The molecule has 0 aliphatic carbocycles.